The van der Waals surface area contributed by atoms with E-state index in [1.165, 1.54) is 5.56 Å². The summed E-state index contributed by atoms with van der Waals surface area (Å²) in [4.78, 5) is 28.9. The summed E-state index contributed by atoms with van der Waals surface area (Å²) in [6.07, 6.45) is 0. The Kier molecular flexibility index (Phi) is 6.03. The number of hydrogen-bond donors (Lipinski definition) is 1. The van der Waals surface area contributed by atoms with E-state index < -0.39 is 0 Å². The molecular weight excluding hydrogens is 386 g/mol. The summed E-state index contributed by atoms with van der Waals surface area (Å²) in [6.45, 7) is 5.42. The van der Waals surface area contributed by atoms with E-state index in [4.69, 9.17) is 0 Å². The predicted molar refractivity (Wildman–Crippen MR) is 125 cm³/mol. The van der Waals surface area contributed by atoms with Crippen molar-refractivity contribution in [1.82, 2.24) is 4.90 Å². The normalized spacial score (nSPS) is 13.7. The molecule has 1 heterocycles. The number of carbonyl (C=O) groups excluding carboxylic acids is 2. The third-order valence-electron chi connectivity index (χ3n) is 5.59. The molecule has 3 aromatic carbocycles. The second-order valence-corrected chi connectivity index (χ2v) is 8.06. The van der Waals surface area contributed by atoms with Crippen LogP contribution in [0.2, 0.25) is 0 Å². The van der Waals surface area contributed by atoms with Gasteiger partial charge in [0.2, 0.25) is 5.91 Å². The molecule has 0 atom stereocenters. The van der Waals surface area contributed by atoms with Gasteiger partial charge in [0.05, 0.1) is 0 Å². The van der Waals surface area contributed by atoms with E-state index in [-0.39, 0.29) is 18.5 Å². The lowest BCUT2D eigenvalue weighted by Gasteiger charge is -2.19. The second kappa shape index (κ2) is 9.04. The largest absolute Gasteiger partial charge is 0.325 e. The predicted octanol–water partition coefficient (Wildman–Crippen LogP) is 5.36. The van der Waals surface area contributed by atoms with Crippen molar-refractivity contribution in [1.29, 1.82) is 0 Å². The number of benzene rings is 3. The van der Waals surface area contributed by atoms with Crippen molar-refractivity contribution in [2.75, 3.05) is 29.9 Å². The summed E-state index contributed by atoms with van der Waals surface area (Å²) in [5, 5.41) is 2.98. The molecule has 0 radical (unpaired) electrons. The average Bonchev–Trinajstić information content (AvgIpc) is 3.14. The minimum absolute atomic E-state index is 0.0303. The maximum absolute atomic E-state index is 12.9. The van der Waals surface area contributed by atoms with Crippen molar-refractivity contribution in [3.05, 3.63) is 84.4 Å². The first kappa shape index (κ1) is 20.7. The van der Waals surface area contributed by atoms with Crippen LogP contribution in [0.1, 0.15) is 25.3 Å². The van der Waals surface area contributed by atoms with E-state index in [2.05, 4.69) is 31.3 Å². The van der Waals surface area contributed by atoms with Gasteiger partial charge in [0.15, 0.2) is 0 Å². The summed E-state index contributed by atoms with van der Waals surface area (Å²) < 4.78 is 0. The van der Waals surface area contributed by atoms with Gasteiger partial charge in [-0.05, 0) is 35.2 Å². The highest BCUT2D eigenvalue weighted by Gasteiger charge is 2.31. The first-order valence-electron chi connectivity index (χ1n) is 10.6. The van der Waals surface area contributed by atoms with Gasteiger partial charge >= 0.3 is 6.03 Å². The highest BCUT2D eigenvalue weighted by molar-refractivity contribution is 6.01. The smallest absolute Gasteiger partial charge is 0.324 e. The van der Waals surface area contributed by atoms with E-state index in [1.807, 2.05) is 66.7 Å². The van der Waals surface area contributed by atoms with Crippen LogP contribution >= 0.6 is 0 Å². The molecule has 1 N–H and O–H groups in total. The third-order valence-corrected chi connectivity index (χ3v) is 5.59. The molecule has 1 aliphatic heterocycles. The van der Waals surface area contributed by atoms with Crippen LogP contribution in [-0.4, -0.2) is 36.5 Å². The van der Waals surface area contributed by atoms with Gasteiger partial charge in [-0.3, -0.25) is 9.69 Å². The molecule has 3 aromatic rings. The number of amides is 3. The highest BCUT2D eigenvalue weighted by atomic mass is 16.2. The maximum atomic E-state index is 12.9. The molecular formula is C26H27N3O2. The van der Waals surface area contributed by atoms with Crippen molar-refractivity contribution < 1.29 is 9.59 Å². The molecule has 5 heteroatoms. The molecule has 158 valence electrons. The average molecular weight is 414 g/mol. The molecule has 31 heavy (non-hydrogen) atoms. The highest BCUT2D eigenvalue weighted by Crippen LogP contribution is 2.28. The Bertz CT molecular complexity index is 1060. The molecule has 0 aromatic heterocycles. The lowest BCUT2D eigenvalue weighted by molar-refractivity contribution is -0.116. The maximum Gasteiger partial charge on any atom is 0.325 e. The van der Waals surface area contributed by atoms with Crippen molar-refractivity contribution in [3.63, 3.8) is 0 Å². The fourth-order valence-electron chi connectivity index (χ4n) is 3.83. The number of rotatable bonds is 6. The van der Waals surface area contributed by atoms with Gasteiger partial charge in [0, 0.05) is 30.0 Å². The zero-order valence-corrected chi connectivity index (χ0v) is 17.9. The van der Waals surface area contributed by atoms with Crippen LogP contribution in [0.5, 0.6) is 0 Å². The van der Waals surface area contributed by atoms with E-state index in [0.717, 1.165) is 22.5 Å². The van der Waals surface area contributed by atoms with Crippen LogP contribution in [0.3, 0.4) is 0 Å². The van der Waals surface area contributed by atoms with Crippen LogP contribution in [0, 0.1) is 0 Å². The van der Waals surface area contributed by atoms with Crippen LogP contribution in [0.25, 0.3) is 11.1 Å². The summed E-state index contributed by atoms with van der Waals surface area (Å²) in [6, 6.07) is 25.6. The van der Waals surface area contributed by atoms with Crippen LogP contribution < -0.4 is 10.2 Å². The molecule has 0 unspecified atom stereocenters. The number of urea groups is 1. The van der Waals surface area contributed by atoms with Crippen LogP contribution in [0.15, 0.2) is 78.9 Å². The topological polar surface area (TPSA) is 52.6 Å². The minimum atomic E-state index is -0.200. The second-order valence-electron chi connectivity index (χ2n) is 8.06. The number of hydrogen-bond acceptors (Lipinski definition) is 2. The van der Waals surface area contributed by atoms with Gasteiger partial charge in [-0.1, -0.05) is 74.5 Å². The van der Waals surface area contributed by atoms with E-state index in [0.29, 0.717) is 19.0 Å². The molecule has 0 aliphatic carbocycles. The van der Waals surface area contributed by atoms with E-state index in [9.17, 15) is 9.59 Å². The van der Waals surface area contributed by atoms with Crippen LogP contribution in [0.4, 0.5) is 16.2 Å². The number of anilines is 2. The molecule has 0 spiro atoms. The summed E-state index contributed by atoms with van der Waals surface area (Å²) in [5.74, 6) is 0.246. The Balaban J connectivity index is 1.42. The first-order chi connectivity index (χ1) is 15.0. The molecule has 3 amide bonds. The van der Waals surface area contributed by atoms with Gasteiger partial charge in [-0.2, -0.15) is 0 Å². The van der Waals surface area contributed by atoms with Crippen molar-refractivity contribution in [3.8, 4) is 11.1 Å². The summed E-state index contributed by atoms with van der Waals surface area (Å²) in [5.41, 5.74) is 4.84. The SMILES string of the molecule is CC(C)c1ccc(N2CCN(CC(=O)Nc3ccccc3-c3ccccc3)C2=O)cc1. The quantitative estimate of drug-likeness (QED) is 0.592. The van der Waals surface area contributed by atoms with Gasteiger partial charge in [-0.25, -0.2) is 4.79 Å². The molecule has 0 bridgehead atoms. The Hall–Kier alpha value is -3.60. The fraction of sp³-hybridized carbons (Fsp3) is 0.231. The number of carbonyl (C=O) groups is 2. The number of nitrogens with zero attached hydrogens (tertiary/aromatic N) is 2. The van der Waals surface area contributed by atoms with Gasteiger partial charge in [0.1, 0.15) is 6.54 Å². The molecule has 5 nitrogen and oxygen atoms in total. The first-order valence-corrected chi connectivity index (χ1v) is 10.6. The lowest BCUT2D eigenvalue weighted by atomic mass is 10.0. The van der Waals surface area contributed by atoms with E-state index >= 15 is 0 Å². The van der Waals surface area contributed by atoms with Gasteiger partial charge in [-0.15, -0.1) is 0 Å². The number of nitrogens with one attached hydrogen (secondary N) is 1. The Labute approximate surface area is 183 Å². The third kappa shape index (κ3) is 4.61. The van der Waals surface area contributed by atoms with Crippen molar-refractivity contribution in [2.24, 2.45) is 0 Å². The summed E-state index contributed by atoms with van der Waals surface area (Å²) >= 11 is 0. The van der Waals surface area contributed by atoms with Crippen LogP contribution in [-0.2, 0) is 4.79 Å². The molecule has 1 aliphatic rings. The summed E-state index contributed by atoms with van der Waals surface area (Å²) in [7, 11) is 0. The molecule has 1 saturated heterocycles. The lowest BCUT2D eigenvalue weighted by Crippen LogP contribution is -2.37. The molecule has 1 fully saturated rings. The number of para-hydroxylation sites is 1. The Morgan fingerprint density at radius 3 is 2.29 bits per heavy atom. The Morgan fingerprint density at radius 2 is 1.58 bits per heavy atom. The Morgan fingerprint density at radius 1 is 0.903 bits per heavy atom. The van der Waals surface area contributed by atoms with Crippen molar-refractivity contribution in [2.45, 2.75) is 19.8 Å². The zero-order chi connectivity index (χ0) is 21.8. The monoisotopic (exact) mass is 413 g/mol. The molecule has 0 saturated carbocycles. The molecule has 4 rings (SSSR count). The minimum Gasteiger partial charge on any atom is -0.324 e. The van der Waals surface area contributed by atoms with E-state index in [1.54, 1.807) is 9.80 Å². The zero-order valence-electron chi connectivity index (χ0n) is 17.9. The van der Waals surface area contributed by atoms with Gasteiger partial charge in [0.25, 0.3) is 0 Å². The standard InChI is InChI=1S/C26H27N3O2/c1-19(2)20-12-14-22(15-13-20)29-17-16-28(26(29)31)18-25(30)27-24-11-7-6-10-23(24)21-8-4-3-5-9-21/h3-15,19H,16-18H2,1-2H3,(H,27,30). The van der Waals surface area contributed by atoms with Crippen molar-refractivity contribution >= 4 is 23.3 Å². The fourth-order valence-corrected chi connectivity index (χ4v) is 3.83. The van der Waals surface area contributed by atoms with Gasteiger partial charge < -0.3 is 10.2 Å².